The van der Waals surface area contributed by atoms with Crippen molar-refractivity contribution in [3.8, 4) is 11.5 Å². The summed E-state index contributed by atoms with van der Waals surface area (Å²) >= 11 is 0. The number of benzene rings is 2. The molecule has 2 aromatic carbocycles. The van der Waals surface area contributed by atoms with Crippen LogP contribution >= 0.6 is 0 Å². The average Bonchev–Trinajstić information content (AvgIpc) is 3.47. The molecule has 0 saturated carbocycles. The number of likely N-dealkylation sites (tertiary alicyclic amines) is 1. The standard InChI is InChI=1S/C25H27N3O4/c1-18-10-12-19(13-11-18)32-23-9-3-2-7-21(23)27-24(29)17-28-14-4-8-22(28)25(30)26-16-20-6-5-15-31-20/h2-3,5-7,9-13,15,22H,4,8,14,16-17H2,1H3,(H,26,30)(H,27,29). The van der Waals surface area contributed by atoms with Gasteiger partial charge in [-0.2, -0.15) is 0 Å². The van der Waals surface area contributed by atoms with Gasteiger partial charge in [-0.15, -0.1) is 0 Å². The SMILES string of the molecule is Cc1ccc(Oc2ccccc2NC(=O)CN2CCCC2C(=O)NCc2ccco2)cc1. The summed E-state index contributed by atoms with van der Waals surface area (Å²) in [5.74, 6) is 1.69. The first kappa shape index (κ1) is 21.6. The van der Waals surface area contributed by atoms with E-state index < -0.39 is 0 Å². The van der Waals surface area contributed by atoms with Gasteiger partial charge in [-0.25, -0.2) is 0 Å². The fraction of sp³-hybridized carbons (Fsp3) is 0.280. The average molecular weight is 434 g/mol. The van der Waals surface area contributed by atoms with E-state index in [0.29, 0.717) is 36.0 Å². The highest BCUT2D eigenvalue weighted by atomic mass is 16.5. The van der Waals surface area contributed by atoms with Crippen LogP contribution in [0, 0.1) is 6.92 Å². The van der Waals surface area contributed by atoms with Gasteiger partial charge in [0.25, 0.3) is 0 Å². The Labute approximate surface area is 187 Å². The number of carbonyl (C=O) groups excluding carboxylic acids is 2. The topological polar surface area (TPSA) is 83.8 Å². The summed E-state index contributed by atoms with van der Waals surface area (Å²) < 4.78 is 11.2. The van der Waals surface area contributed by atoms with Gasteiger partial charge in [0.15, 0.2) is 5.75 Å². The molecule has 1 saturated heterocycles. The van der Waals surface area contributed by atoms with E-state index in [1.54, 1.807) is 18.4 Å². The number of aryl methyl sites for hydroxylation is 1. The lowest BCUT2D eigenvalue weighted by atomic mass is 10.2. The van der Waals surface area contributed by atoms with Crippen LogP contribution in [0.25, 0.3) is 0 Å². The molecule has 3 aromatic rings. The molecule has 4 rings (SSSR count). The summed E-state index contributed by atoms with van der Waals surface area (Å²) in [7, 11) is 0. The van der Waals surface area contributed by atoms with Gasteiger partial charge in [0.05, 0.1) is 31.1 Å². The minimum Gasteiger partial charge on any atom is -0.467 e. The van der Waals surface area contributed by atoms with Gasteiger partial charge in [-0.05, 0) is 62.7 Å². The molecule has 1 unspecified atom stereocenters. The second kappa shape index (κ2) is 10.2. The molecular weight excluding hydrogens is 406 g/mol. The Balaban J connectivity index is 1.34. The van der Waals surface area contributed by atoms with Crippen molar-refractivity contribution in [2.45, 2.75) is 32.4 Å². The number of hydrogen-bond donors (Lipinski definition) is 2. The van der Waals surface area contributed by atoms with E-state index in [0.717, 1.165) is 18.4 Å². The lowest BCUT2D eigenvalue weighted by Crippen LogP contribution is -2.45. The molecule has 2 heterocycles. The predicted molar refractivity (Wildman–Crippen MR) is 121 cm³/mol. The maximum atomic E-state index is 12.8. The monoisotopic (exact) mass is 433 g/mol. The first-order valence-electron chi connectivity index (χ1n) is 10.8. The molecule has 0 aliphatic carbocycles. The predicted octanol–water partition coefficient (Wildman–Crippen LogP) is 4.10. The number of rotatable bonds is 8. The number of hydrogen-bond acceptors (Lipinski definition) is 5. The van der Waals surface area contributed by atoms with E-state index >= 15 is 0 Å². The van der Waals surface area contributed by atoms with E-state index in [1.165, 1.54) is 0 Å². The number of ether oxygens (including phenoxy) is 1. The quantitative estimate of drug-likeness (QED) is 0.559. The molecule has 0 spiro atoms. The van der Waals surface area contributed by atoms with Crippen molar-refractivity contribution < 1.29 is 18.7 Å². The summed E-state index contributed by atoms with van der Waals surface area (Å²) in [6, 6.07) is 18.3. The van der Waals surface area contributed by atoms with E-state index in [1.807, 2.05) is 60.4 Å². The molecule has 1 aromatic heterocycles. The second-order valence-corrected chi connectivity index (χ2v) is 7.89. The highest BCUT2D eigenvalue weighted by molar-refractivity contribution is 5.94. The summed E-state index contributed by atoms with van der Waals surface area (Å²) in [4.78, 5) is 27.3. The summed E-state index contributed by atoms with van der Waals surface area (Å²) in [5.41, 5.74) is 1.74. The van der Waals surface area contributed by atoms with Crippen molar-refractivity contribution in [1.29, 1.82) is 0 Å². The van der Waals surface area contributed by atoms with Gasteiger partial charge < -0.3 is 19.8 Å². The number of furan rings is 1. The van der Waals surface area contributed by atoms with Crippen LogP contribution in [0.15, 0.2) is 71.3 Å². The zero-order valence-electron chi connectivity index (χ0n) is 18.0. The molecule has 1 aliphatic rings. The molecular formula is C25H27N3O4. The number of para-hydroxylation sites is 2. The normalized spacial score (nSPS) is 16.0. The van der Waals surface area contributed by atoms with Crippen LogP contribution < -0.4 is 15.4 Å². The van der Waals surface area contributed by atoms with Crippen LogP contribution in [0.5, 0.6) is 11.5 Å². The minimum atomic E-state index is -0.324. The molecule has 2 N–H and O–H groups in total. The fourth-order valence-corrected chi connectivity index (χ4v) is 3.78. The number of nitrogens with one attached hydrogen (secondary N) is 2. The van der Waals surface area contributed by atoms with Crippen molar-refractivity contribution >= 4 is 17.5 Å². The van der Waals surface area contributed by atoms with Crippen molar-refractivity contribution in [1.82, 2.24) is 10.2 Å². The summed E-state index contributed by atoms with van der Waals surface area (Å²) in [5, 5.41) is 5.82. The van der Waals surface area contributed by atoms with Crippen LogP contribution in [-0.4, -0.2) is 35.8 Å². The summed E-state index contributed by atoms with van der Waals surface area (Å²) in [6.45, 7) is 3.19. The third-order valence-electron chi connectivity index (χ3n) is 5.44. The van der Waals surface area contributed by atoms with Crippen molar-refractivity contribution in [3.63, 3.8) is 0 Å². The van der Waals surface area contributed by atoms with Crippen LogP contribution in [-0.2, 0) is 16.1 Å². The maximum Gasteiger partial charge on any atom is 0.238 e. The summed E-state index contributed by atoms with van der Waals surface area (Å²) in [6.07, 6.45) is 3.18. The lowest BCUT2D eigenvalue weighted by Gasteiger charge is -2.23. The Morgan fingerprint density at radius 3 is 2.69 bits per heavy atom. The molecule has 0 bridgehead atoms. The van der Waals surface area contributed by atoms with Crippen LogP contribution in [0.1, 0.15) is 24.2 Å². The molecule has 1 atom stereocenters. The Morgan fingerprint density at radius 2 is 1.91 bits per heavy atom. The van der Waals surface area contributed by atoms with Gasteiger partial charge in [0, 0.05) is 0 Å². The van der Waals surface area contributed by atoms with Gasteiger partial charge in [0.2, 0.25) is 11.8 Å². The molecule has 7 nitrogen and oxygen atoms in total. The molecule has 1 aliphatic heterocycles. The van der Waals surface area contributed by atoms with Gasteiger partial charge in [-0.1, -0.05) is 29.8 Å². The van der Waals surface area contributed by atoms with Gasteiger partial charge in [0.1, 0.15) is 11.5 Å². The van der Waals surface area contributed by atoms with Crippen molar-refractivity contribution in [3.05, 3.63) is 78.3 Å². The molecule has 166 valence electrons. The zero-order valence-corrected chi connectivity index (χ0v) is 18.0. The molecule has 0 radical (unpaired) electrons. The first-order chi connectivity index (χ1) is 15.6. The minimum absolute atomic E-state index is 0.0881. The second-order valence-electron chi connectivity index (χ2n) is 7.89. The van der Waals surface area contributed by atoms with E-state index in [9.17, 15) is 9.59 Å². The van der Waals surface area contributed by atoms with Crippen molar-refractivity contribution in [2.75, 3.05) is 18.4 Å². The highest BCUT2D eigenvalue weighted by Crippen LogP contribution is 2.29. The number of anilines is 1. The van der Waals surface area contributed by atoms with E-state index in [4.69, 9.17) is 9.15 Å². The number of amides is 2. The molecule has 2 amide bonds. The Bertz CT molecular complexity index is 1050. The number of carbonyl (C=O) groups is 2. The van der Waals surface area contributed by atoms with Crippen molar-refractivity contribution in [2.24, 2.45) is 0 Å². The Morgan fingerprint density at radius 1 is 1.09 bits per heavy atom. The lowest BCUT2D eigenvalue weighted by molar-refractivity contribution is -0.126. The smallest absolute Gasteiger partial charge is 0.238 e. The first-order valence-corrected chi connectivity index (χ1v) is 10.8. The van der Waals surface area contributed by atoms with Crippen LogP contribution in [0.2, 0.25) is 0 Å². The molecule has 32 heavy (non-hydrogen) atoms. The van der Waals surface area contributed by atoms with Gasteiger partial charge in [-0.3, -0.25) is 14.5 Å². The van der Waals surface area contributed by atoms with Crippen LogP contribution in [0.4, 0.5) is 5.69 Å². The van der Waals surface area contributed by atoms with Crippen LogP contribution in [0.3, 0.4) is 0 Å². The zero-order chi connectivity index (χ0) is 22.3. The third kappa shape index (κ3) is 5.56. The largest absolute Gasteiger partial charge is 0.467 e. The molecule has 7 heteroatoms. The van der Waals surface area contributed by atoms with E-state index in [-0.39, 0.29) is 24.4 Å². The van der Waals surface area contributed by atoms with E-state index in [2.05, 4.69) is 10.6 Å². The molecule has 1 fully saturated rings. The van der Waals surface area contributed by atoms with Gasteiger partial charge >= 0.3 is 0 Å². The third-order valence-corrected chi connectivity index (χ3v) is 5.44. The fourth-order valence-electron chi connectivity index (χ4n) is 3.78. The maximum absolute atomic E-state index is 12.8. The Hall–Kier alpha value is -3.58. The highest BCUT2D eigenvalue weighted by Gasteiger charge is 2.32. The Kier molecular flexibility index (Phi) is 6.87. The number of nitrogens with zero attached hydrogens (tertiary/aromatic N) is 1.